The Bertz CT molecular complexity index is 1040. The fourth-order valence-corrected chi connectivity index (χ4v) is 7.40. The van der Waals surface area contributed by atoms with Gasteiger partial charge in [0.1, 0.15) is 5.54 Å². The van der Waals surface area contributed by atoms with Crippen molar-refractivity contribution in [1.82, 2.24) is 14.5 Å². The minimum Gasteiger partial charge on any atom is -0.326 e. The largest absolute Gasteiger partial charge is 0.326 e. The van der Waals surface area contributed by atoms with E-state index in [9.17, 15) is 22.8 Å². The molecule has 1 aromatic carbocycles. The zero-order valence-electron chi connectivity index (χ0n) is 19.9. The summed E-state index contributed by atoms with van der Waals surface area (Å²) < 4.78 is 27.9. The molecule has 9 nitrogen and oxygen atoms in total. The van der Waals surface area contributed by atoms with Crippen LogP contribution < -0.4 is 10.6 Å². The van der Waals surface area contributed by atoms with Crippen molar-refractivity contribution < 1.29 is 22.8 Å². The van der Waals surface area contributed by atoms with Crippen molar-refractivity contribution in [3.05, 3.63) is 24.3 Å². The quantitative estimate of drug-likeness (QED) is 0.594. The molecular weight excluding hydrogens is 456 g/mol. The second kappa shape index (κ2) is 9.65. The third-order valence-corrected chi connectivity index (χ3v) is 9.48. The van der Waals surface area contributed by atoms with E-state index in [4.69, 9.17) is 0 Å². The average molecular weight is 491 g/mol. The van der Waals surface area contributed by atoms with E-state index in [2.05, 4.69) is 10.6 Å². The summed E-state index contributed by atoms with van der Waals surface area (Å²) in [4.78, 5) is 39.0. The van der Waals surface area contributed by atoms with Crippen LogP contribution in [0.5, 0.6) is 0 Å². The van der Waals surface area contributed by atoms with Crippen LogP contribution >= 0.6 is 0 Å². The van der Waals surface area contributed by atoms with Gasteiger partial charge in [0.05, 0.1) is 4.90 Å². The Hall–Kier alpha value is -2.46. The number of hydrogen-bond donors (Lipinski definition) is 2. The highest BCUT2D eigenvalue weighted by Gasteiger charge is 2.51. The maximum atomic E-state index is 13.1. The van der Waals surface area contributed by atoms with E-state index in [-0.39, 0.29) is 41.8 Å². The van der Waals surface area contributed by atoms with Gasteiger partial charge in [-0.1, -0.05) is 25.7 Å². The molecule has 0 unspecified atom stereocenters. The number of carbonyl (C=O) groups excluding carboxylic acids is 3. The van der Waals surface area contributed by atoms with Gasteiger partial charge < -0.3 is 10.6 Å². The molecule has 186 valence electrons. The second-order valence-electron chi connectivity index (χ2n) is 9.82. The van der Waals surface area contributed by atoms with Crippen molar-refractivity contribution in [1.29, 1.82) is 0 Å². The van der Waals surface area contributed by atoms with E-state index in [1.807, 2.05) is 13.8 Å². The lowest BCUT2D eigenvalue weighted by Gasteiger charge is -2.37. The highest BCUT2D eigenvalue weighted by Crippen LogP contribution is 2.34. The van der Waals surface area contributed by atoms with Crippen LogP contribution in [0.15, 0.2) is 29.2 Å². The molecule has 34 heavy (non-hydrogen) atoms. The topological polar surface area (TPSA) is 116 Å². The number of rotatable bonds is 6. The van der Waals surface area contributed by atoms with Gasteiger partial charge in [0.25, 0.3) is 5.91 Å². The first-order valence-corrected chi connectivity index (χ1v) is 13.7. The van der Waals surface area contributed by atoms with E-state index >= 15 is 0 Å². The third-order valence-electron chi connectivity index (χ3n) is 7.34. The number of nitrogens with one attached hydrogen (secondary N) is 2. The number of piperidine rings is 1. The standard InChI is InChI=1S/C24H34N4O5S/c1-17-7-6-8-18(2)28(17)34(32,33)20-11-9-19(10-12-20)25-21(29)13-16-27-22(30)24(26-23(27)31)14-4-3-5-15-24/h9-12,17-18H,3-8,13-16H2,1-2H3,(H,25,29)(H,26,31)/t17-,18-/m1/s1. The summed E-state index contributed by atoms with van der Waals surface area (Å²) in [5.74, 6) is -0.584. The lowest BCUT2D eigenvalue weighted by atomic mass is 9.82. The van der Waals surface area contributed by atoms with E-state index in [1.54, 1.807) is 16.4 Å². The minimum atomic E-state index is -3.62. The van der Waals surface area contributed by atoms with E-state index < -0.39 is 21.6 Å². The zero-order chi connectivity index (χ0) is 24.5. The van der Waals surface area contributed by atoms with Crippen LogP contribution in [-0.2, 0) is 19.6 Å². The van der Waals surface area contributed by atoms with E-state index in [0.717, 1.165) is 43.4 Å². The molecular formula is C24H34N4O5S. The number of hydrogen-bond acceptors (Lipinski definition) is 5. The summed E-state index contributed by atoms with van der Waals surface area (Å²) in [6, 6.07) is 5.60. The van der Waals surface area contributed by atoms with Gasteiger partial charge >= 0.3 is 6.03 Å². The molecule has 1 saturated carbocycles. The number of amides is 4. The monoisotopic (exact) mass is 490 g/mol. The summed E-state index contributed by atoms with van der Waals surface area (Å²) in [5, 5.41) is 5.57. The molecule has 4 amide bonds. The van der Waals surface area contributed by atoms with Crippen LogP contribution in [0, 0.1) is 0 Å². The summed E-state index contributed by atoms with van der Waals surface area (Å²) in [5.41, 5.74) is -0.333. The highest BCUT2D eigenvalue weighted by molar-refractivity contribution is 7.89. The number of carbonyl (C=O) groups is 3. The Labute approximate surface area is 201 Å². The van der Waals surface area contributed by atoms with Crippen LogP contribution in [0.4, 0.5) is 10.5 Å². The number of sulfonamides is 1. The van der Waals surface area contributed by atoms with Crippen molar-refractivity contribution in [2.45, 2.75) is 94.2 Å². The first kappa shape index (κ1) is 24.7. The lowest BCUT2D eigenvalue weighted by molar-refractivity contribution is -0.132. The lowest BCUT2D eigenvalue weighted by Crippen LogP contribution is -2.48. The van der Waals surface area contributed by atoms with Crippen molar-refractivity contribution in [2.24, 2.45) is 0 Å². The molecule has 1 spiro atoms. The summed E-state index contributed by atoms with van der Waals surface area (Å²) in [6.45, 7) is 3.88. The molecule has 4 rings (SSSR count). The van der Waals surface area contributed by atoms with Crippen LogP contribution in [0.1, 0.15) is 71.6 Å². The maximum Gasteiger partial charge on any atom is 0.325 e. The van der Waals surface area contributed by atoms with Crippen molar-refractivity contribution in [3.8, 4) is 0 Å². The first-order chi connectivity index (χ1) is 16.1. The highest BCUT2D eigenvalue weighted by atomic mass is 32.2. The normalized spacial score (nSPS) is 25.4. The Morgan fingerprint density at radius 3 is 2.26 bits per heavy atom. The van der Waals surface area contributed by atoms with Gasteiger partial charge in [-0.2, -0.15) is 4.31 Å². The summed E-state index contributed by atoms with van der Waals surface area (Å²) in [6.07, 6.45) is 6.83. The number of urea groups is 1. The van der Waals surface area contributed by atoms with Crippen LogP contribution in [0.3, 0.4) is 0 Å². The average Bonchev–Trinajstić information content (AvgIpc) is 3.01. The van der Waals surface area contributed by atoms with Gasteiger partial charge in [-0.3, -0.25) is 14.5 Å². The van der Waals surface area contributed by atoms with E-state index in [1.165, 1.54) is 12.1 Å². The number of nitrogens with zero attached hydrogens (tertiary/aromatic N) is 2. The molecule has 1 aromatic rings. The second-order valence-corrected chi connectivity index (χ2v) is 11.7. The minimum absolute atomic E-state index is 0.00937. The van der Waals surface area contributed by atoms with Gasteiger partial charge in [0.2, 0.25) is 15.9 Å². The predicted molar refractivity (Wildman–Crippen MR) is 128 cm³/mol. The van der Waals surface area contributed by atoms with Crippen molar-refractivity contribution >= 4 is 33.6 Å². The molecule has 3 aliphatic rings. The zero-order valence-corrected chi connectivity index (χ0v) is 20.7. The summed E-state index contributed by atoms with van der Waals surface area (Å²) >= 11 is 0. The van der Waals surface area contributed by atoms with Crippen LogP contribution in [0.25, 0.3) is 0 Å². The maximum absolute atomic E-state index is 13.1. The molecule has 0 bridgehead atoms. The van der Waals surface area contributed by atoms with Crippen molar-refractivity contribution in [2.75, 3.05) is 11.9 Å². The number of imide groups is 1. The van der Waals surface area contributed by atoms with Crippen LogP contribution in [-0.4, -0.2) is 59.6 Å². The molecule has 0 radical (unpaired) electrons. The van der Waals surface area contributed by atoms with Crippen molar-refractivity contribution in [3.63, 3.8) is 0 Å². The van der Waals surface area contributed by atoms with Gasteiger partial charge in [-0.05, 0) is 63.8 Å². The Morgan fingerprint density at radius 1 is 1.03 bits per heavy atom. The Balaban J connectivity index is 1.34. The molecule has 10 heteroatoms. The Morgan fingerprint density at radius 2 is 1.65 bits per heavy atom. The Kier molecular flexibility index (Phi) is 7.00. The predicted octanol–water partition coefficient (Wildman–Crippen LogP) is 3.22. The third kappa shape index (κ3) is 4.70. The molecule has 0 aromatic heterocycles. The van der Waals surface area contributed by atoms with Gasteiger partial charge in [0, 0.05) is 30.7 Å². The molecule has 3 fully saturated rings. The smallest absolute Gasteiger partial charge is 0.325 e. The fraction of sp³-hybridized carbons (Fsp3) is 0.625. The fourth-order valence-electron chi connectivity index (χ4n) is 5.51. The van der Waals surface area contributed by atoms with Crippen LogP contribution in [0.2, 0.25) is 0 Å². The number of benzene rings is 1. The molecule has 2 aliphatic heterocycles. The molecule has 1 aliphatic carbocycles. The molecule has 2 N–H and O–H groups in total. The van der Waals surface area contributed by atoms with Gasteiger partial charge in [0.15, 0.2) is 0 Å². The SMILES string of the molecule is C[C@@H]1CCC[C@@H](C)N1S(=O)(=O)c1ccc(NC(=O)CCN2C(=O)NC3(CCCCC3)C2=O)cc1. The molecule has 2 atom stereocenters. The molecule has 2 heterocycles. The summed E-state index contributed by atoms with van der Waals surface area (Å²) in [7, 11) is -3.62. The number of anilines is 1. The van der Waals surface area contributed by atoms with Gasteiger partial charge in [-0.15, -0.1) is 0 Å². The molecule has 2 saturated heterocycles. The van der Waals surface area contributed by atoms with Gasteiger partial charge in [-0.25, -0.2) is 13.2 Å². The van der Waals surface area contributed by atoms with E-state index in [0.29, 0.717) is 18.5 Å². The first-order valence-electron chi connectivity index (χ1n) is 12.2.